The highest BCUT2D eigenvalue weighted by molar-refractivity contribution is 5.86. The highest BCUT2D eigenvalue weighted by Gasteiger charge is 2.59. The van der Waals surface area contributed by atoms with Crippen LogP contribution in [0.1, 0.15) is 28.5 Å². The fourth-order valence-corrected chi connectivity index (χ4v) is 5.20. The summed E-state index contributed by atoms with van der Waals surface area (Å²) in [6.45, 7) is 2.04. The molecule has 1 saturated carbocycles. The molecule has 5 rings (SSSR count). The summed E-state index contributed by atoms with van der Waals surface area (Å²) in [6.07, 6.45) is 0. The van der Waals surface area contributed by atoms with E-state index < -0.39 is 35.6 Å². The summed E-state index contributed by atoms with van der Waals surface area (Å²) in [5, 5.41) is 10.1. The molecule has 0 bridgehead atoms. The minimum absolute atomic E-state index is 0.411. The van der Waals surface area contributed by atoms with Crippen molar-refractivity contribution in [2.24, 2.45) is 11.8 Å². The van der Waals surface area contributed by atoms with E-state index in [1.54, 1.807) is 6.07 Å². The maximum atomic E-state index is 13.6. The number of aryl methyl sites for hydroxylation is 1. The van der Waals surface area contributed by atoms with Crippen LogP contribution in [0, 0.1) is 18.8 Å². The zero-order valence-electron chi connectivity index (χ0n) is 19.4. The second-order valence-corrected chi connectivity index (χ2v) is 9.08. The van der Waals surface area contributed by atoms with Gasteiger partial charge in [-0.15, -0.1) is 0 Å². The summed E-state index contributed by atoms with van der Waals surface area (Å²) < 4.78 is 5.90. The lowest BCUT2D eigenvalue weighted by atomic mass is 9.52. The van der Waals surface area contributed by atoms with E-state index in [0.717, 1.165) is 22.3 Å². The van der Waals surface area contributed by atoms with E-state index in [2.05, 4.69) is 0 Å². The molecule has 0 unspecified atom stereocenters. The monoisotopic (exact) mass is 462 g/mol. The Morgan fingerprint density at radius 2 is 1.23 bits per heavy atom. The molecule has 4 aromatic rings. The molecule has 174 valence electrons. The van der Waals surface area contributed by atoms with Crippen molar-refractivity contribution in [3.8, 4) is 16.9 Å². The zero-order valence-corrected chi connectivity index (χ0v) is 19.4. The van der Waals surface area contributed by atoms with Gasteiger partial charge in [-0.25, -0.2) is 0 Å². The van der Waals surface area contributed by atoms with Gasteiger partial charge in [0.2, 0.25) is 0 Å². The molecular weight excluding hydrogens is 436 g/mol. The topological polar surface area (TPSA) is 63.6 Å². The molecule has 35 heavy (non-hydrogen) atoms. The lowest BCUT2D eigenvalue weighted by Crippen LogP contribution is -2.52. The number of benzene rings is 4. The van der Waals surface area contributed by atoms with Crippen LogP contribution in [0.5, 0.6) is 5.75 Å². The second kappa shape index (κ2) is 9.59. The fraction of sp³-hybridized carbons (Fsp3) is 0.161. The minimum atomic E-state index is -0.905. The quantitative estimate of drug-likeness (QED) is 0.264. The van der Waals surface area contributed by atoms with Gasteiger partial charge < -0.3 is 9.84 Å². The summed E-state index contributed by atoms with van der Waals surface area (Å²) in [7, 11) is 0. The van der Waals surface area contributed by atoms with E-state index in [4.69, 9.17) is 4.74 Å². The summed E-state index contributed by atoms with van der Waals surface area (Å²) in [6, 6.07) is 34.4. The molecule has 0 spiro atoms. The van der Waals surface area contributed by atoms with E-state index in [9.17, 15) is 14.7 Å². The Hall–Kier alpha value is -4.18. The van der Waals surface area contributed by atoms with Crippen molar-refractivity contribution >= 4 is 11.9 Å². The lowest BCUT2D eigenvalue weighted by molar-refractivity contribution is -0.158. The molecule has 1 N–H and O–H groups in total. The summed E-state index contributed by atoms with van der Waals surface area (Å²) in [4.78, 5) is 26.0. The van der Waals surface area contributed by atoms with Crippen LogP contribution >= 0.6 is 0 Å². The van der Waals surface area contributed by atoms with Crippen molar-refractivity contribution in [3.05, 3.63) is 126 Å². The molecular formula is C31H26O4. The minimum Gasteiger partial charge on any atom is -0.481 e. The highest BCUT2D eigenvalue weighted by atomic mass is 16.5. The van der Waals surface area contributed by atoms with Gasteiger partial charge in [-0.05, 0) is 41.3 Å². The van der Waals surface area contributed by atoms with Gasteiger partial charge in [-0.2, -0.15) is 0 Å². The molecule has 4 nitrogen and oxygen atoms in total. The van der Waals surface area contributed by atoms with E-state index >= 15 is 0 Å². The van der Waals surface area contributed by atoms with E-state index in [-0.39, 0.29) is 0 Å². The predicted molar refractivity (Wildman–Crippen MR) is 135 cm³/mol. The molecule has 0 radical (unpaired) electrons. The van der Waals surface area contributed by atoms with Crippen LogP contribution in [-0.2, 0) is 9.59 Å². The van der Waals surface area contributed by atoms with Crippen molar-refractivity contribution in [3.63, 3.8) is 0 Å². The molecule has 0 saturated heterocycles. The third kappa shape index (κ3) is 4.47. The van der Waals surface area contributed by atoms with Gasteiger partial charge in [0.15, 0.2) is 0 Å². The molecule has 1 fully saturated rings. The highest BCUT2D eigenvalue weighted by Crippen LogP contribution is 2.58. The van der Waals surface area contributed by atoms with Gasteiger partial charge in [0, 0.05) is 11.8 Å². The standard InChI is InChI=1S/C31H26O4/c1-20-15-17-21(18-16-20)24-13-8-14-25(19-24)35-31(34)29-26(22-9-4-2-5-10-22)28(30(32)33)27(29)23-11-6-3-7-12-23/h2-19,26-29H,1H3,(H,32,33)/t26-,27+,28-,29+. The first-order valence-corrected chi connectivity index (χ1v) is 11.7. The first-order chi connectivity index (χ1) is 17.0. The van der Waals surface area contributed by atoms with Gasteiger partial charge in [-0.3, -0.25) is 9.59 Å². The van der Waals surface area contributed by atoms with Crippen LogP contribution in [0.2, 0.25) is 0 Å². The van der Waals surface area contributed by atoms with Gasteiger partial charge in [0.25, 0.3) is 0 Å². The van der Waals surface area contributed by atoms with Crippen LogP contribution in [0.3, 0.4) is 0 Å². The number of rotatable bonds is 6. The smallest absolute Gasteiger partial charge is 0.315 e. The third-order valence-electron chi connectivity index (χ3n) is 6.91. The molecule has 1 aliphatic rings. The largest absolute Gasteiger partial charge is 0.481 e. The number of esters is 1. The van der Waals surface area contributed by atoms with Gasteiger partial charge in [-0.1, -0.05) is 103 Å². The molecule has 0 amide bonds. The molecule has 4 heteroatoms. The number of aliphatic carboxylic acids is 1. The average molecular weight is 463 g/mol. The Balaban J connectivity index is 1.48. The number of carboxylic acids is 1. The second-order valence-electron chi connectivity index (χ2n) is 9.08. The SMILES string of the molecule is Cc1ccc(-c2cccc(OC(=O)[C@H]3[C@H](c4ccccc4)[C@@H](C(=O)O)[C@@H]3c3ccccc3)c2)cc1. The van der Waals surface area contributed by atoms with Crippen molar-refractivity contribution in [1.82, 2.24) is 0 Å². The van der Waals surface area contributed by atoms with Crippen molar-refractivity contribution < 1.29 is 19.4 Å². The summed E-state index contributed by atoms with van der Waals surface area (Å²) >= 11 is 0. The Morgan fingerprint density at radius 3 is 1.77 bits per heavy atom. The maximum Gasteiger partial charge on any atom is 0.315 e. The fourth-order valence-electron chi connectivity index (χ4n) is 5.20. The van der Waals surface area contributed by atoms with Crippen molar-refractivity contribution in [2.75, 3.05) is 0 Å². The lowest BCUT2D eigenvalue weighted by Gasteiger charge is -2.48. The van der Waals surface area contributed by atoms with Crippen LogP contribution < -0.4 is 4.74 Å². The van der Waals surface area contributed by atoms with Gasteiger partial charge in [0.05, 0.1) is 11.8 Å². The maximum absolute atomic E-state index is 13.6. The van der Waals surface area contributed by atoms with E-state index in [0.29, 0.717) is 5.75 Å². The average Bonchev–Trinajstić information content (AvgIpc) is 2.85. The predicted octanol–water partition coefficient (Wildman–Crippen LogP) is 6.47. The molecule has 4 atom stereocenters. The number of ether oxygens (including phenoxy) is 1. The molecule has 0 heterocycles. The molecule has 0 aromatic heterocycles. The zero-order chi connectivity index (χ0) is 24.4. The van der Waals surface area contributed by atoms with Crippen LogP contribution in [0.4, 0.5) is 0 Å². The Morgan fingerprint density at radius 1 is 0.657 bits per heavy atom. The Kier molecular flexibility index (Phi) is 6.19. The van der Waals surface area contributed by atoms with Gasteiger partial charge in [0.1, 0.15) is 5.75 Å². The molecule has 1 aliphatic carbocycles. The first kappa shape index (κ1) is 22.6. The van der Waals surface area contributed by atoms with Crippen molar-refractivity contribution in [1.29, 1.82) is 0 Å². The first-order valence-electron chi connectivity index (χ1n) is 11.7. The van der Waals surface area contributed by atoms with Crippen LogP contribution in [0.25, 0.3) is 11.1 Å². The summed E-state index contributed by atoms with van der Waals surface area (Å²) in [5.41, 5.74) is 4.83. The Labute approximate surface area is 204 Å². The third-order valence-corrected chi connectivity index (χ3v) is 6.91. The normalized spacial score (nSPS) is 21.1. The summed E-state index contributed by atoms with van der Waals surface area (Å²) in [5.74, 6) is -3.12. The molecule has 4 aromatic carbocycles. The van der Waals surface area contributed by atoms with Crippen LogP contribution in [-0.4, -0.2) is 17.0 Å². The number of carboxylic acid groups (broad SMARTS) is 1. The van der Waals surface area contributed by atoms with E-state index in [1.807, 2.05) is 110 Å². The molecule has 0 aliphatic heterocycles. The van der Waals surface area contributed by atoms with E-state index in [1.165, 1.54) is 5.56 Å². The van der Waals surface area contributed by atoms with Crippen LogP contribution in [0.15, 0.2) is 109 Å². The number of hydrogen-bond acceptors (Lipinski definition) is 3. The Bertz CT molecular complexity index is 1280. The number of carbonyl (C=O) groups excluding carboxylic acids is 1. The van der Waals surface area contributed by atoms with Gasteiger partial charge >= 0.3 is 11.9 Å². The van der Waals surface area contributed by atoms with Crippen molar-refractivity contribution in [2.45, 2.75) is 18.8 Å². The number of carbonyl (C=O) groups is 2. The number of hydrogen-bond donors (Lipinski definition) is 1.